The Hall–Kier alpha value is -2.13. The van der Waals surface area contributed by atoms with E-state index in [0.29, 0.717) is 12.2 Å². The van der Waals surface area contributed by atoms with Crippen LogP contribution in [0.2, 0.25) is 0 Å². The molecule has 0 spiro atoms. The SMILES string of the molecule is N#Cc1cc(NCC2(CO)CC2)ccc1[N+](=O)[O-]. The molecule has 0 amide bonds. The maximum atomic E-state index is 10.7. The van der Waals surface area contributed by atoms with E-state index in [1.165, 1.54) is 12.1 Å². The second kappa shape index (κ2) is 4.63. The molecule has 1 aliphatic rings. The Morgan fingerprint density at radius 2 is 2.28 bits per heavy atom. The van der Waals surface area contributed by atoms with Crippen LogP contribution in [0.25, 0.3) is 0 Å². The van der Waals surface area contributed by atoms with Crippen LogP contribution in [0.15, 0.2) is 18.2 Å². The summed E-state index contributed by atoms with van der Waals surface area (Å²) in [7, 11) is 0. The summed E-state index contributed by atoms with van der Waals surface area (Å²) in [4.78, 5) is 10.1. The number of nitro groups is 1. The minimum atomic E-state index is -0.571. The normalized spacial score (nSPS) is 15.8. The Bertz CT molecular complexity index is 518. The molecule has 1 aliphatic carbocycles. The Morgan fingerprint density at radius 3 is 2.78 bits per heavy atom. The number of nitrogens with zero attached hydrogens (tertiary/aromatic N) is 2. The van der Waals surface area contributed by atoms with Crippen LogP contribution >= 0.6 is 0 Å². The molecule has 94 valence electrons. The highest BCUT2D eigenvalue weighted by molar-refractivity contribution is 5.58. The lowest BCUT2D eigenvalue weighted by atomic mass is 10.1. The number of nitrogens with one attached hydrogen (secondary N) is 1. The average molecular weight is 247 g/mol. The molecular weight excluding hydrogens is 234 g/mol. The van der Waals surface area contributed by atoms with Gasteiger partial charge in [-0.25, -0.2) is 0 Å². The molecule has 18 heavy (non-hydrogen) atoms. The van der Waals surface area contributed by atoms with E-state index in [4.69, 9.17) is 5.26 Å². The third kappa shape index (κ3) is 2.41. The zero-order valence-electron chi connectivity index (χ0n) is 9.72. The summed E-state index contributed by atoms with van der Waals surface area (Å²) in [6.07, 6.45) is 1.96. The molecule has 1 fully saturated rings. The number of nitriles is 1. The van der Waals surface area contributed by atoms with Crippen LogP contribution in [0.3, 0.4) is 0 Å². The third-order valence-electron chi connectivity index (χ3n) is 3.27. The van der Waals surface area contributed by atoms with Gasteiger partial charge < -0.3 is 10.4 Å². The number of nitro benzene ring substituents is 1. The quantitative estimate of drug-likeness (QED) is 0.608. The van der Waals surface area contributed by atoms with E-state index in [1.54, 1.807) is 6.07 Å². The summed E-state index contributed by atoms with van der Waals surface area (Å²) in [6, 6.07) is 6.17. The van der Waals surface area contributed by atoms with Crippen LogP contribution in [0, 0.1) is 26.9 Å². The topological polar surface area (TPSA) is 99.2 Å². The van der Waals surface area contributed by atoms with Crippen LogP contribution in [-0.4, -0.2) is 23.2 Å². The third-order valence-corrected chi connectivity index (χ3v) is 3.27. The van der Waals surface area contributed by atoms with E-state index in [-0.39, 0.29) is 23.3 Å². The lowest BCUT2D eigenvalue weighted by molar-refractivity contribution is -0.385. The number of benzene rings is 1. The van der Waals surface area contributed by atoms with Crippen molar-refractivity contribution in [1.29, 1.82) is 5.26 Å². The molecule has 0 radical (unpaired) electrons. The largest absolute Gasteiger partial charge is 0.396 e. The maximum absolute atomic E-state index is 10.7. The first-order chi connectivity index (χ1) is 8.60. The van der Waals surface area contributed by atoms with Crippen LogP contribution in [-0.2, 0) is 0 Å². The van der Waals surface area contributed by atoms with Gasteiger partial charge in [0.25, 0.3) is 5.69 Å². The Labute approximate surface area is 104 Å². The van der Waals surface area contributed by atoms with Crippen molar-refractivity contribution >= 4 is 11.4 Å². The molecule has 2 N–H and O–H groups in total. The zero-order chi connectivity index (χ0) is 13.2. The molecule has 0 bridgehead atoms. The lowest BCUT2D eigenvalue weighted by Crippen LogP contribution is -2.19. The molecule has 1 saturated carbocycles. The van der Waals surface area contributed by atoms with Gasteiger partial charge in [0.15, 0.2) is 0 Å². The first kappa shape index (κ1) is 12.3. The van der Waals surface area contributed by atoms with Crippen molar-refractivity contribution in [3.63, 3.8) is 0 Å². The monoisotopic (exact) mass is 247 g/mol. The fourth-order valence-corrected chi connectivity index (χ4v) is 1.75. The van der Waals surface area contributed by atoms with Gasteiger partial charge in [0.1, 0.15) is 11.6 Å². The zero-order valence-corrected chi connectivity index (χ0v) is 9.72. The average Bonchev–Trinajstić information content (AvgIpc) is 3.16. The number of aliphatic hydroxyl groups is 1. The van der Waals surface area contributed by atoms with Crippen molar-refractivity contribution in [2.75, 3.05) is 18.5 Å². The van der Waals surface area contributed by atoms with E-state index >= 15 is 0 Å². The van der Waals surface area contributed by atoms with Crippen LogP contribution in [0.4, 0.5) is 11.4 Å². The predicted molar refractivity (Wildman–Crippen MR) is 65.1 cm³/mol. The molecule has 6 heteroatoms. The van der Waals surface area contributed by atoms with Gasteiger partial charge in [-0.15, -0.1) is 0 Å². The molecule has 2 rings (SSSR count). The van der Waals surface area contributed by atoms with Gasteiger partial charge in [0, 0.05) is 23.7 Å². The van der Waals surface area contributed by atoms with Gasteiger partial charge in [-0.05, 0) is 25.0 Å². The highest BCUT2D eigenvalue weighted by atomic mass is 16.6. The van der Waals surface area contributed by atoms with Crippen molar-refractivity contribution in [3.8, 4) is 6.07 Å². The van der Waals surface area contributed by atoms with E-state index in [9.17, 15) is 15.2 Å². The lowest BCUT2D eigenvalue weighted by Gasteiger charge is -2.13. The Kier molecular flexibility index (Phi) is 3.17. The second-order valence-electron chi connectivity index (χ2n) is 4.61. The van der Waals surface area contributed by atoms with Gasteiger partial charge in [0.2, 0.25) is 0 Å². The first-order valence-electron chi connectivity index (χ1n) is 5.63. The van der Waals surface area contributed by atoms with Crippen molar-refractivity contribution in [2.45, 2.75) is 12.8 Å². The number of aliphatic hydroxyl groups excluding tert-OH is 1. The number of hydrogen-bond donors (Lipinski definition) is 2. The number of rotatable bonds is 5. The summed E-state index contributed by atoms with van der Waals surface area (Å²) in [5.74, 6) is 0. The highest BCUT2D eigenvalue weighted by Crippen LogP contribution is 2.45. The molecule has 0 atom stereocenters. The standard InChI is InChI=1S/C12H13N3O3/c13-6-9-5-10(1-2-11(9)15(17)18)14-7-12(8-16)3-4-12/h1-2,5,14,16H,3-4,7-8H2. The Morgan fingerprint density at radius 1 is 1.56 bits per heavy atom. The minimum absolute atomic E-state index is 0.0406. The number of hydrogen-bond acceptors (Lipinski definition) is 5. The maximum Gasteiger partial charge on any atom is 0.287 e. The molecule has 0 aromatic heterocycles. The van der Waals surface area contributed by atoms with Crippen LogP contribution in [0.5, 0.6) is 0 Å². The molecule has 1 aromatic carbocycles. The summed E-state index contributed by atoms with van der Waals surface area (Å²) >= 11 is 0. The summed E-state index contributed by atoms with van der Waals surface area (Å²) < 4.78 is 0. The second-order valence-corrected chi connectivity index (χ2v) is 4.61. The molecule has 0 unspecified atom stereocenters. The Balaban J connectivity index is 2.11. The predicted octanol–water partition coefficient (Wildman–Crippen LogP) is 1.65. The van der Waals surface area contributed by atoms with E-state index in [2.05, 4.69) is 5.32 Å². The summed E-state index contributed by atoms with van der Waals surface area (Å²) in [6.45, 7) is 0.754. The fourth-order valence-electron chi connectivity index (χ4n) is 1.75. The van der Waals surface area contributed by atoms with E-state index in [0.717, 1.165) is 12.8 Å². The smallest absolute Gasteiger partial charge is 0.287 e. The minimum Gasteiger partial charge on any atom is -0.396 e. The van der Waals surface area contributed by atoms with Gasteiger partial charge in [0.05, 0.1) is 11.5 Å². The van der Waals surface area contributed by atoms with Crippen LogP contribution in [0.1, 0.15) is 18.4 Å². The van der Waals surface area contributed by atoms with E-state index < -0.39 is 4.92 Å². The molecule has 6 nitrogen and oxygen atoms in total. The highest BCUT2D eigenvalue weighted by Gasteiger charge is 2.41. The van der Waals surface area contributed by atoms with E-state index in [1.807, 2.05) is 6.07 Å². The van der Waals surface area contributed by atoms with Gasteiger partial charge in [-0.2, -0.15) is 5.26 Å². The summed E-state index contributed by atoms with van der Waals surface area (Å²) in [5.41, 5.74) is 0.469. The molecule has 0 aliphatic heterocycles. The van der Waals surface area contributed by atoms with Crippen molar-refractivity contribution in [2.24, 2.45) is 5.41 Å². The van der Waals surface area contributed by atoms with Crippen molar-refractivity contribution < 1.29 is 10.0 Å². The first-order valence-corrected chi connectivity index (χ1v) is 5.63. The number of anilines is 1. The van der Waals surface area contributed by atoms with Gasteiger partial charge >= 0.3 is 0 Å². The molecule has 1 aromatic rings. The molecule has 0 heterocycles. The van der Waals surface area contributed by atoms with Crippen molar-refractivity contribution in [1.82, 2.24) is 0 Å². The molecular formula is C12H13N3O3. The van der Waals surface area contributed by atoms with Gasteiger partial charge in [-0.3, -0.25) is 10.1 Å². The van der Waals surface area contributed by atoms with Gasteiger partial charge in [-0.1, -0.05) is 0 Å². The fraction of sp³-hybridized carbons (Fsp3) is 0.417. The summed E-state index contributed by atoms with van der Waals surface area (Å²) in [5, 5.41) is 31.8. The van der Waals surface area contributed by atoms with Crippen molar-refractivity contribution in [3.05, 3.63) is 33.9 Å². The van der Waals surface area contributed by atoms with Crippen LogP contribution < -0.4 is 5.32 Å². The molecule has 0 saturated heterocycles.